The number of carbonyl (C=O) groups is 1. The topological polar surface area (TPSA) is 117 Å². The number of anilines is 1. The van der Waals surface area contributed by atoms with Gasteiger partial charge >= 0.3 is 0 Å². The van der Waals surface area contributed by atoms with Crippen LogP contribution in [0.4, 0.5) is 5.69 Å². The SMILES string of the molecule is COc1cccc(CN2C(=O)[C@]3(C(C#N)=C(N)Oc4n[nH]c(C)c43)c3ccccc32)c1. The first-order chi connectivity index (χ1) is 15.0. The first kappa shape index (κ1) is 18.8. The van der Waals surface area contributed by atoms with Crippen molar-refractivity contribution in [3.8, 4) is 17.7 Å². The number of methoxy groups -OCH3 is 1. The third kappa shape index (κ3) is 2.40. The molecule has 2 aliphatic rings. The number of benzene rings is 2. The number of nitrogens with zero attached hydrogens (tertiary/aromatic N) is 3. The molecule has 0 bridgehead atoms. The molecule has 1 spiro atoms. The Morgan fingerprint density at radius 2 is 2.10 bits per heavy atom. The average Bonchev–Trinajstić information content (AvgIpc) is 3.26. The second kappa shape index (κ2) is 6.64. The summed E-state index contributed by atoms with van der Waals surface area (Å²) in [6.45, 7) is 2.11. The first-order valence-electron chi connectivity index (χ1n) is 9.70. The zero-order valence-electron chi connectivity index (χ0n) is 17.0. The van der Waals surface area contributed by atoms with E-state index in [2.05, 4.69) is 16.3 Å². The maximum Gasteiger partial charge on any atom is 0.248 e. The van der Waals surface area contributed by atoms with Gasteiger partial charge in [0.25, 0.3) is 0 Å². The molecule has 0 saturated carbocycles. The van der Waals surface area contributed by atoms with Crippen molar-refractivity contribution in [2.75, 3.05) is 12.0 Å². The van der Waals surface area contributed by atoms with E-state index in [0.717, 1.165) is 5.56 Å². The Bertz CT molecular complexity index is 1300. The van der Waals surface area contributed by atoms with Crippen molar-refractivity contribution in [1.82, 2.24) is 10.2 Å². The fourth-order valence-electron chi connectivity index (χ4n) is 4.57. The number of aryl methyl sites for hydroxylation is 1. The smallest absolute Gasteiger partial charge is 0.248 e. The van der Waals surface area contributed by atoms with E-state index in [1.54, 1.807) is 18.9 Å². The number of hydrogen-bond acceptors (Lipinski definition) is 6. The van der Waals surface area contributed by atoms with Gasteiger partial charge in [-0.25, -0.2) is 0 Å². The highest BCUT2D eigenvalue weighted by Crippen LogP contribution is 2.55. The number of H-pyrrole nitrogens is 1. The molecule has 1 amide bonds. The van der Waals surface area contributed by atoms with E-state index in [4.69, 9.17) is 15.2 Å². The van der Waals surface area contributed by atoms with Crippen molar-refractivity contribution < 1.29 is 14.3 Å². The number of aromatic nitrogens is 2. The molecular formula is C23H19N5O3. The van der Waals surface area contributed by atoms with Crippen LogP contribution in [0.25, 0.3) is 0 Å². The van der Waals surface area contributed by atoms with Crippen LogP contribution in [0.1, 0.15) is 22.4 Å². The van der Waals surface area contributed by atoms with Crippen molar-refractivity contribution in [3.05, 3.63) is 82.4 Å². The minimum absolute atomic E-state index is 0.0649. The van der Waals surface area contributed by atoms with Crippen molar-refractivity contribution in [2.45, 2.75) is 18.9 Å². The number of aromatic amines is 1. The number of rotatable bonds is 3. The molecule has 3 aromatic rings. The minimum Gasteiger partial charge on any atom is -0.497 e. The Kier molecular flexibility index (Phi) is 4.02. The molecule has 0 aliphatic carbocycles. The molecule has 3 heterocycles. The lowest BCUT2D eigenvalue weighted by atomic mass is 9.69. The Morgan fingerprint density at radius 3 is 2.87 bits per heavy atom. The van der Waals surface area contributed by atoms with Crippen LogP contribution in [0.3, 0.4) is 0 Å². The monoisotopic (exact) mass is 413 g/mol. The quantitative estimate of drug-likeness (QED) is 0.682. The second-order valence-electron chi connectivity index (χ2n) is 7.49. The van der Waals surface area contributed by atoms with Crippen LogP contribution in [-0.4, -0.2) is 23.2 Å². The van der Waals surface area contributed by atoms with Crippen LogP contribution in [0, 0.1) is 18.3 Å². The van der Waals surface area contributed by atoms with Gasteiger partial charge in [0.15, 0.2) is 0 Å². The molecule has 2 aliphatic heterocycles. The fourth-order valence-corrected chi connectivity index (χ4v) is 4.57. The van der Waals surface area contributed by atoms with Crippen LogP contribution in [0.15, 0.2) is 60.0 Å². The normalized spacial score (nSPS) is 19.1. The molecule has 0 unspecified atom stereocenters. The van der Waals surface area contributed by atoms with E-state index < -0.39 is 5.41 Å². The molecule has 0 saturated heterocycles. The highest BCUT2D eigenvalue weighted by Gasteiger charge is 2.60. The van der Waals surface area contributed by atoms with E-state index in [1.807, 2.05) is 48.5 Å². The lowest BCUT2D eigenvalue weighted by Gasteiger charge is -2.32. The average molecular weight is 413 g/mol. The number of nitrogens with one attached hydrogen (secondary N) is 1. The van der Waals surface area contributed by atoms with Gasteiger partial charge < -0.3 is 20.1 Å². The molecule has 154 valence electrons. The van der Waals surface area contributed by atoms with Gasteiger partial charge in [0.2, 0.25) is 17.7 Å². The molecule has 0 radical (unpaired) electrons. The van der Waals surface area contributed by atoms with Gasteiger partial charge in [0.05, 0.1) is 19.2 Å². The lowest BCUT2D eigenvalue weighted by molar-refractivity contribution is -0.121. The molecule has 0 fully saturated rings. The number of nitrogens with two attached hydrogens (primary N) is 1. The molecule has 8 heteroatoms. The molecule has 1 aromatic heterocycles. The van der Waals surface area contributed by atoms with E-state index in [-0.39, 0.29) is 23.2 Å². The van der Waals surface area contributed by atoms with Crippen molar-refractivity contribution >= 4 is 11.6 Å². The molecular weight excluding hydrogens is 394 g/mol. The van der Waals surface area contributed by atoms with E-state index in [0.29, 0.717) is 34.8 Å². The van der Waals surface area contributed by atoms with Crippen LogP contribution in [0.5, 0.6) is 11.6 Å². The van der Waals surface area contributed by atoms with E-state index in [1.165, 1.54) is 0 Å². The van der Waals surface area contributed by atoms with E-state index >= 15 is 0 Å². The number of para-hydroxylation sites is 1. The summed E-state index contributed by atoms with van der Waals surface area (Å²) in [5.74, 6) is 0.520. The van der Waals surface area contributed by atoms with Crippen LogP contribution >= 0.6 is 0 Å². The van der Waals surface area contributed by atoms with Crippen LogP contribution in [-0.2, 0) is 16.8 Å². The highest BCUT2D eigenvalue weighted by molar-refractivity contribution is 6.14. The second-order valence-corrected chi connectivity index (χ2v) is 7.49. The number of carbonyl (C=O) groups excluding carboxylic acids is 1. The van der Waals surface area contributed by atoms with Gasteiger partial charge in [0.1, 0.15) is 22.8 Å². The maximum atomic E-state index is 14.2. The molecule has 31 heavy (non-hydrogen) atoms. The standard InChI is InChI=1S/C23H19N5O3/c1-13-19-21(27-26-13)31-20(25)17(11-24)23(19)16-8-3-4-9-18(16)28(22(23)29)12-14-6-5-7-15(10-14)30-2/h3-10H,12,25H2,1-2H3,(H,26,27)/t23-/m0/s1. The predicted octanol–water partition coefficient (Wildman–Crippen LogP) is 2.65. The van der Waals surface area contributed by atoms with Crippen LogP contribution < -0.4 is 20.1 Å². The summed E-state index contributed by atoms with van der Waals surface area (Å²) >= 11 is 0. The third-order valence-electron chi connectivity index (χ3n) is 5.87. The number of amides is 1. The molecule has 3 N–H and O–H groups in total. The summed E-state index contributed by atoms with van der Waals surface area (Å²) in [4.78, 5) is 15.9. The van der Waals surface area contributed by atoms with Gasteiger partial charge in [-0.2, -0.15) is 5.26 Å². The maximum absolute atomic E-state index is 14.2. The van der Waals surface area contributed by atoms with Crippen LogP contribution in [0.2, 0.25) is 0 Å². The summed E-state index contributed by atoms with van der Waals surface area (Å²) < 4.78 is 10.9. The molecule has 8 nitrogen and oxygen atoms in total. The number of fused-ring (bicyclic) bond motifs is 4. The van der Waals surface area contributed by atoms with Gasteiger partial charge in [0, 0.05) is 16.9 Å². The Balaban J connectivity index is 1.75. The highest BCUT2D eigenvalue weighted by atomic mass is 16.5. The van der Waals surface area contributed by atoms with Crippen molar-refractivity contribution in [1.29, 1.82) is 5.26 Å². The summed E-state index contributed by atoms with van der Waals surface area (Å²) in [6.07, 6.45) is 0. The van der Waals surface area contributed by atoms with Crippen molar-refractivity contribution in [2.24, 2.45) is 5.73 Å². The van der Waals surface area contributed by atoms with Gasteiger partial charge in [-0.15, -0.1) is 5.10 Å². The zero-order chi connectivity index (χ0) is 21.8. The Hall–Kier alpha value is -4.25. The summed E-state index contributed by atoms with van der Waals surface area (Å²) in [6, 6.07) is 17.1. The molecule has 2 aromatic carbocycles. The molecule has 5 rings (SSSR count). The minimum atomic E-state index is -1.42. The lowest BCUT2D eigenvalue weighted by Crippen LogP contribution is -2.45. The molecule has 1 atom stereocenters. The first-order valence-corrected chi connectivity index (χ1v) is 9.70. The largest absolute Gasteiger partial charge is 0.497 e. The number of ether oxygens (including phenoxy) is 2. The number of nitriles is 1. The summed E-state index contributed by atoms with van der Waals surface area (Å²) in [7, 11) is 1.60. The summed E-state index contributed by atoms with van der Waals surface area (Å²) in [5.41, 5.74) is 8.21. The van der Waals surface area contributed by atoms with Gasteiger partial charge in [-0.05, 0) is 30.7 Å². The predicted molar refractivity (Wildman–Crippen MR) is 112 cm³/mol. The van der Waals surface area contributed by atoms with E-state index in [9.17, 15) is 10.1 Å². The third-order valence-corrected chi connectivity index (χ3v) is 5.87. The number of hydrogen-bond donors (Lipinski definition) is 2. The Labute approximate surface area is 178 Å². The fraction of sp³-hybridized carbons (Fsp3) is 0.174. The van der Waals surface area contributed by atoms with Crippen molar-refractivity contribution in [3.63, 3.8) is 0 Å². The van der Waals surface area contributed by atoms with Gasteiger partial charge in [-0.1, -0.05) is 30.3 Å². The Morgan fingerprint density at radius 1 is 1.29 bits per heavy atom. The zero-order valence-corrected chi connectivity index (χ0v) is 17.0. The van der Waals surface area contributed by atoms with Gasteiger partial charge in [-0.3, -0.25) is 9.89 Å². The summed E-state index contributed by atoms with van der Waals surface area (Å²) in [5, 5.41) is 17.1.